The van der Waals surface area contributed by atoms with Gasteiger partial charge in [0, 0.05) is 14.1 Å². The molecule has 0 spiro atoms. The van der Waals surface area contributed by atoms with Crippen molar-refractivity contribution in [3.05, 3.63) is 58.7 Å². The first-order chi connectivity index (χ1) is 11.9. The zero-order valence-electron chi connectivity index (χ0n) is 15.2. The first-order valence-corrected chi connectivity index (χ1v) is 8.83. The molecular formula is C20H24N2O2S. The molecule has 25 heavy (non-hydrogen) atoms. The monoisotopic (exact) mass is 356 g/mol. The minimum Gasteiger partial charge on any atom is -0.288 e. The number of thiocarbonyl (C=S) groups is 1. The normalized spacial score (nSPS) is 23.3. The predicted molar refractivity (Wildman–Crippen MR) is 105 cm³/mol. The van der Waals surface area contributed by atoms with Crippen molar-refractivity contribution >= 4 is 29.1 Å². The third-order valence-electron chi connectivity index (χ3n) is 4.38. The Balaban J connectivity index is 2.74. The van der Waals surface area contributed by atoms with Crippen LogP contribution in [0.15, 0.2) is 58.7 Å². The van der Waals surface area contributed by atoms with Gasteiger partial charge in [-0.15, -0.1) is 0 Å². The molecule has 1 heterocycles. The van der Waals surface area contributed by atoms with Gasteiger partial charge in [0.1, 0.15) is 5.57 Å². The fourth-order valence-electron chi connectivity index (χ4n) is 3.04. The molecule has 2 rings (SSSR count). The predicted octanol–water partition coefficient (Wildman–Crippen LogP) is 3.69. The van der Waals surface area contributed by atoms with Crippen molar-refractivity contribution in [2.45, 2.75) is 33.1 Å². The molecule has 1 saturated carbocycles. The van der Waals surface area contributed by atoms with E-state index in [1.165, 1.54) is 9.80 Å². The standard InChI is InChI=1S/C20H24N2O2S/c1-5-7-10-14-12-9-13-15(11-8-6-2)16(14)17-18(23)21(3)20(25)22(4)19(17)24/h5-8,10-11H,9,12-13H2,1-4H3/b7-5+,8-6+,14-10+,15-11+. The van der Waals surface area contributed by atoms with E-state index >= 15 is 0 Å². The quantitative estimate of drug-likeness (QED) is 0.430. The zero-order chi connectivity index (χ0) is 18.6. The van der Waals surface area contributed by atoms with Crippen molar-refractivity contribution < 1.29 is 9.59 Å². The lowest BCUT2D eigenvalue weighted by Crippen LogP contribution is -2.53. The van der Waals surface area contributed by atoms with Crippen molar-refractivity contribution in [1.82, 2.24) is 9.80 Å². The average molecular weight is 356 g/mol. The summed E-state index contributed by atoms with van der Waals surface area (Å²) >= 11 is 5.19. The number of carbonyl (C=O) groups is 2. The van der Waals surface area contributed by atoms with Crippen LogP contribution in [0.3, 0.4) is 0 Å². The van der Waals surface area contributed by atoms with Crippen molar-refractivity contribution in [3.63, 3.8) is 0 Å². The average Bonchev–Trinajstić information content (AvgIpc) is 2.62. The second-order valence-corrected chi connectivity index (χ2v) is 6.41. The van der Waals surface area contributed by atoms with E-state index in [1.807, 2.05) is 50.3 Å². The highest BCUT2D eigenvalue weighted by Crippen LogP contribution is 2.37. The van der Waals surface area contributed by atoms with E-state index in [-0.39, 0.29) is 22.5 Å². The van der Waals surface area contributed by atoms with Gasteiger partial charge in [0.15, 0.2) is 5.11 Å². The van der Waals surface area contributed by atoms with E-state index in [2.05, 4.69) is 0 Å². The smallest absolute Gasteiger partial charge is 0.266 e. The zero-order valence-corrected chi connectivity index (χ0v) is 16.0. The van der Waals surface area contributed by atoms with Gasteiger partial charge in [0.25, 0.3) is 11.8 Å². The molecule has 0 aromatic heterocycles. The number of amides is 2. The molecule has 0 unspecified atom stereocenters. The summed E-state index contributed by atoms with van der Waals surface area (Å²) in [4.78, 5) is 28.5. The van der Waals surface area contributed by atoms with Crippen LogP contribution in [-0.4, -0.2) is 40.8 Å². The van der Waals surface area contributed by atoms with Crippen molar-refractivity contribution in [2.75, 3.05) is 14.1 Å². The molecular weight excluding hydrogens is 332 g/mol. The highest BCUT2D eigenvalue weighted by atomic mass is 32.1. The van der Waals surface area contributed by atoms with Gasteiger partial charge in [0.05, 0.1) is 0 Å². The van der Waals surface area contributed by atoms with E-state index < -0.39 is 0 Å². The molecule has 2 amide bonds. The summed E-state index contributed by atoms with van der Waals surface area (Å²) < 4.78 is 0. The minimum absolute atomic E-state index is 0.213. The Kier molecular flexibility index (Phi) is 6.26. The first kappa shape index (κ1) is 19.1. The number of hydrogen-bond acceptors (Lipinski definition) is 3. The fraction of sp³-hybridized carbons (Fsp3) is 0.350. The number of hydrogen-bond donors (Lipinski definition) is 0. The lowest BCUT2D eigenvalue weighted by atomic mass is 9.80. The van der Waals surface area contributed by atoms with Gasteiger partial charge < -0.3 is 0 Å². The van der Waals surface area contributed by atoms with Crippen LogP contribution in [0, 0.1) is 0 Å². The molecule has 0 radical (unpaired) electrons. The van der Waals surface area contributed by atoms with Gasteiger partial charge in [-0.2, -0.15) is 0 Å². The Morgan fingerprint density at radius 2 is 1.28 bits per heavy atom. The molecule has 0 aromatic carbocycles. The molecule has 2 fully saturated rings. The van der Waals surface area contributed by atoms with Gasteiger partial charge in [-0.05, 0) is 62.0 Å². The Hall–Kier alpha value is -2.27. The molecule has 0 N–H and O–H groups in total. The summed E-state index contributed by atoms with van der Waals surface area (Å²) in [6, 6.07) is 0. The van der Waals surface area contributed by atoms with Crippen molar-refractivity contribution in [3.8, 4) is 0 Å². The van der Waals surface area contributed by atoms with Gasteiger partial charge in [-0.25, -0.2) is 0 Å². The summed E-state index contributed by atoms with van der Waals surface area (Å²) in [6.45, 7) is 3.89. The van der Waals surface area contributed by atoms with E-state index in [4.69, 9.17) is 12.2 Å². The highest BCUT2D eigenvalue weighted by Gasteiger charge is 2.39. The van der Waals surface area contributed by atoms with Gasteiger partial charge in [0.2, 0.25) is 0 Å². The maximum atomic E-state index is 12.9. The van der Waals surface area contributed by atoms with E-state index in [0.29, 0.717) is 0 Å². The minimum atomic E-state index is -0.331. The van der Waals surface area contributed by atoms with Gasteiger partial charge >= 0.3 is 0 Å². The lowest BCUT2D eigenvalue weighted by molar-refractivity contribution is -0.132. The van der Waals surface area contributed by atoms with Crippen LogP contribution in [0.1, 0.15) is 33.1 Å². The molecule has 1 aliphatic carbocycles. The highest BCUT2D eigenvalue weighted by molar-refractivity contribution is 7.80. The number of nitrogens with zero attached hydrogens (tertiary/aromatic N) is 2. The second kappa shape index (κ2) is 8.21. The Morgan fingerprint density at radius 1 is 0.840 bits per heavy atom. The van der Waals surface area contributed by atoms with Crippen LogP contribution in [0.25, 0.3) is 0 Å². The fourth-order valence-corrected chi connectivity index (χ4v) is 3.21. The number of rotatable bonds is 2. The molecule has 132 valence electrons. The van der Waals surface area contributed by atoms with Crippen LogP contribution >= 0.6 is 12.2 Å². The summed E-state index contributed by atoms with van der Waals surface area (Å²) in [6.07, 6.45) is 14.5. The summed E-state index contributed by atoms with van der Waals surface area (Å²) in [7, 11) is 3.23. The van der Waals surface area contributed by atoms with Gasteiger partial charge in [-0.3, -0.25) is 19.4 Å². The molecule has 4 nitrogen and oxygen atoms in total. The van der Waals surface area contributed by atoms with Crippen LogP contribution in [0.2, 0.25) is 0 Å². The first-order valence-electron chi connectivity index (χ1n) is 8.42. The third-order valence-corrected chi connectivity index (χ3v) is 4.92. The van der Waals surface area contributed by atoms with E-state index in [0.717, 1.165) is 36.0 Å². The van der Waals surface area contributed by atoms with Crippen LogP contribution in [0.5, 0.6) is 0 Å². The molecule has 1 saturated heterocycles. The lowest BCUT2D eigenvalue weighted by Gasteiger charge is -2.34. The third kappa shape index (κ3) is 3.71. The van der Waals surface area contributed by atoms with Gasteiger partial charge in [-0.1, -0.05) is 36.5 Å². The summed E-state index contributed by atoms with van der Waals surface area (Å²) in [5, 5.41) is 0.230. The van der Waals surface area contributed by atoms with Crippen molar-refractivity contribution in [1.29, 1.82) is 0 Å². The Morgan fingerprint density at radius 3 is 1.68 bits per heavy atom. The summed E-state index contributed by atoms with van der Waals surface area (Å²) in [5.74, 6) is -0.662. The van der Waals surface area contributed by atoms with Crippen LogP contribution < -0.4 is 0 Å². The maximum Gasteiger partial charge on any atom is 0.266 e. The largest absolute Gasteiger partial charge is 0.288 e. The van der Waals surface area contributed by atoms with E-state index in [1.54, 1.807) is 14.1 Å². The second-order valence-electron chi connectivity index (χ2n) is 6.05. The van der Waals surface area contributed by atoms with Crippen molar-refractivity contribution in [2.24, 2.45) is 0 Å². The molecule has 2 aliphatic rings. The Labute approximate surface area is 154 Å². The molecule has 5 heteroatoms. The number of carbonyl (C=O) groups excluding carboxylic acids is 2. The molecule has 1 aliphatic heterocycles. The van der Waals surface area contributed by atoms with E-state index in [9.17, 15) is 9.59 Å². The molecule has 0 bridgehead atoms. The van der Waals surface area contributed by atoms with Crippen LogP contribution in [0.4, 0.5) is 0 Å². The SMILES string of the molecule is C/C=C/C=C1\CCC/C(=C\C=C\C)C1=C1C(=O)N(C)C(=S)N(C)C1=O. The Bertz CT molecular complexity index is 696. The topological polar surface area (TPSA) is 40.6 Å². The number of allylic oxidation sites excluding steroid dienone is 9. The molecule has 0 atom stereocenters. The molecule has 0 aromatic rings. The number of likely N-dealkylation sites (N-methyl/N-ethyl adjacent to an activating group) is 2. The van der Waals surface area contributed by atoms with Crippen LogP contribution in [-0.2, 0) is 9.59 Å². The maximum absolute atomic E-state index is 12.9. The summed E-state index contributed by atoms with van der Waals surface area (Å²) in [5.41, 5.74) is 3.02.